The predicted octanol–water partition coefficient (Wildman–Crippen LogP) is 1.12. The second kappa shape index (κ2) is 6.28. The predicted molar refractivity (Wildman–Crippen MR) is 63.2 cm³/mol. The first-order chi connectivity index (χ1) is 5.29. The van der Waals surface area contributed by atoms with Gasteiger partial charge < -0.3 is 10.6 Å². The van der Waals surface area contributed by atoms with E-state index in [1.807, 2.05) is 0 Å². The van der Waals surface area contributed by atoms with E-state index in [0.29, 0.717) is 0 Å². The highest BCUT2D eigenvalue weighted by Crippen LogP contribution is 1.86. The topological polar surface area (TPSA) is 36.4 Å². The van der Waals surface area contributed by atoms with Crippen LogP contribution in [0.25, 0.3) is 0 Å². The monoisotopic (exact) mass is 281 g/mol. The average molecular weight is 281 g/mol. The molecule has 12 heavy (non-hydrogen) atoms. The summed E-state index contributed by atoms with van der Waals surface area (Å²) in [6.07, 6.45) is 2.14. The Bertz CT molecular complexity index is 183. The van der Waals surface area contributed by atoms with E-state index in [9.17, 15) is 0 Å². The third-order valence-electron chi connectivity index (χ3n) is 1.45. The molecule has 0 aromatic heterocycles. The lowest BCUT2D eigenvalue weighted by atomic mass is 10.3. The molecule has 1 rings (SSSR count). The van der Waals surface area contributed by atoms with Crippen LogP contribution in [0.5, 0.6) is 0 Å². The molecule has 3 nitrogen and oxygen atoms in total. The van der Waals surface area contributed by atoms with Crippen LogP contribution in [0, 0.1) is 0 Å². The van der Waals surface area contributed by atoms with E-state index in [1.54, 1.807) is 0 Å². The SMILES string of the molecule is CC(C)=CCNC1=NCCN1.I. The second-order valence-corrected chi connectivity index (χ2v) is 2.82. The Morgan fingerprint density at radius 2 is 2.42 bits per heavy atom. The number of hydrogen-bond acceptors (Lipinski definition) is 3. The van der Waals surface area contributed by atoms with Crippen molar-refractivity contribution < 1.29 is 0 Å². The summed E-state index contributed by atoms with van der Waals surface area (Å²) in [5.74, 6) is 0.933. The number of hydrogen-bond donors (Lipinski definition) is 2. The lowest BCUT2D eigenvalue weighted by Crippen LogP contribution is -2.33. The summed E-state index contributed by atoms with van der Waals surface area (Å²) < 4.78 is 0. The molecule has 0 amide bonds. The first-order valence-electron chi connectivity index (χ1n) is 3.94. The second-order valence-electron chi connectivity index (χ2n) is 2.82. The van der Waals surface area contributed by atoms with Gasteiger partial charge in [0.15, 0.2) is 5.96 Å². The number of allylic oxidation sites excluding steroid dienone is 1. The Morgan fingerprint density at radius 3 is 2.92 bits per heavy atom. The van der Waals surface area contributed by atoms with E-state index in [2.05, 4.69) is 35.5 Å². The first-order valence-corrected chi connectivity index (χ1v) is 3.94. The minimum absolute atomic E-state index is 0. The molecule has 0 radical (unpaired) electrons. The Morgan fingerprint density at radius 1 is 1.67 bits per heavy atom. The van der Waals surface area contributed by atoms with E-state index < -0.39 is 0 Å². The van der Waals surface area contributed by atoms with Crippen LogP contribution < -0.4 is 10.6 Å². The van der Waals surface area contributed by atoms with Crippen LogP contribution in [-0.4, -0.2) is 25.6 Å². The molecule has 2 N–H and O–H groups in total. The number of halogens is 1. The van der Waals surface area contributed by atoms with Crippen molar-refractivity contribution in [1.29, 1.82) is 0 Å². The van der Waals surface area contributed by atoms with Crippen LogP contribution in [-0.2, 0) is 0 Å². The zero-order valence-corrected chi connectivity index (χ0v) is 9.88. The maximum atomic E-state index is 4.20. The molecule has 1 aliphatic heterocycles. The molecule has 0 saturated heterocycles. The van der Waals surface area contributed by atoms with Gasteiger partial charge in [0.1, 0.15) is 0 Å². The molecule has 70 valence electrons. The van der Waals surface area contributed by atoms with Crippen LogP contribution in [0.4, 0.5) is 0 Å². The van der Waals surface area contributed by atoms with E-state index in [1.165, 1.54) is 5.57 Å². The van der Waals surface area contributed by atoms with Gasteiger partial charge in [-0.05, 0) is 13.8 Å². The quantitative estimate of drug-likeness (QED) is 0.588. The minimum Gasteiger partial charge on any atom is -0.355 e. The van der Waals surface area contributed by atoms with E-state index in [4.69, 9.17) is 0 Å². The molecular formula is C8H16IN3. The van der Waals surface area contributed by atoms with Gasteiger partial charge in [0.05, 0.1) is 6.54 Å². The Labute approximate surface area is 90.7 Å². The fourth-order valence-electron chi connectivity index (χ4n) is 0.868. The lowest BCUT2D eigenvalue weighted by Gasteiger charge is -2.02. The Balaban J connectivity index is 0.00000121. The van der Waals surface area contributed by atoms with Crippen molar-refractivity contribution in [2.45, 2.75) is 13.8 Å². The molecule has 0 saturated carbocycles. The normalized spacial score (nSPS) is 14.0. The highest BCUT2D eigenvalue weighted by atomic mass is 127. The molecule has 0 aromatic rings. The smallest absolute Gasteiger partial charge is 0.191 e. The zero-order valence-electron chi connectivity index (χ0n) is 7.55. The van der Waals surface area contributed by atoms with Crippen molar-refractivity contribution in [3.05, 3.63) is 11.6 Å². The number of nitrogens with zero attached hydrogens (tertiary/aromatic N) is 1. The third-order valence-corrected chi connectivity index (χ3v) is 1.45. The van der Waals surface area contributed by atoms with Crippen LogP contribution in [0.2, 0.25) is 0 Å². The lowest BCUT2D eigenvalue weighted by molar-refractivity contribution is 0.921. The summed E-state index contributed by atoms with van der Waals surface area (Å²) in [7, 11) is 0. The molecule has 0 spiro atoms. The fourth-order valence-corrected chi connectivity index (χ4v) is 0.868. The summed E-state index contributed by atoms with van der Waals surface area (Å²) in [5.41, 5.74) is 1.33. The summed E-state index contributed by atoms with van der Waals surface area (Å²) in [4.78, 5) is 4.20. The van der Waals surface area contributed by atoms with Crippen molar-refractivity contribution in [3.63, 3.8) is 0 Å². The number of aliphatic imine (C=N–C) groups is 1. The van der Waals surface area contributed by atoms with Gasteiger partial charge in [-0.3, -0.25) is 4.99 Å². The Hall–Kier alpha value is -0.260. The van der Waals surface area contributed by atoms with E-state index in [0.717, 1.165) is 25.6 Å². The van der Waals surface area contributed by atoms with Crippen molar-refractivity contribution in [1.82, 2.24) is 10.6 Å². The number of guanidine groups is 1. The van der Waals surface area contributed by atoms with Crippen molar-refractivity contribution in [3.8, 4) is 0 Å². The van der Waals surface area contributed by atoms with Crippen molar-refractivity contribution in [2.24, 2.45) is 4.99 Å². The number of rotatable bonds is 2. The number of nitrogens with one attached hydrogen (secondary N) is 2. The molecule has 0 fully saturated rings. The maximum Gasteiger partial charge on any atom is 0.191 e. The molecule has 0 atom stereocenters. The summed E-state index contributed by atoms with van der Waals surface area (Å²) >= 11 is 0. The van der Waals surface area contributed by atoms with Gasteiger partial charge >= 0.3 is 0 Å². The van der Waals surface area contributed by atoms with Gasteiger partial charge in [-0.2, -0.15) is 0 Å². The van der Waals surface area contributed by atoms with Crippen molar-refractivity contribution in [2.75, 3.05) is 19.6 Å². The molecule has 4 heteroatoms. The summed E-state index contributed by atoms with van der Waals surface area (Å²) in [6, 6.07) is 0. The van der Waals surface area contributed by atoms with Crippen LogP contribution in [0.3, 0.4) is 0 Å². The van der Waals surface area contributed by atoms with Gasteiger partial charge in [-0.1, -0.05) is 11.6 Å². The summed E-state index contributed by atoms with van der Waals surface area (Å²) in [6.45, 7) is 6.92. The van der Waals surface area contributed by atoms with E-state index >= 15 is 0 Å². The molecule has 0 aliphatic carbocycles. The standard InChI is InChI=1S/C8H15N3.HI/c1-7(2)3-4-9-8-10-5-6-11-8;/h3H,4-6H2,1-2H3,(H2,9,10,11);1H. The van der Waals surface area contributed by atoms with E-state index in [-0.39, 0.29) is 24.0 Å². The van der Waals surface area contributed by atoms with Crippen LogP contribution >= 0.6 is 24.0 Å². The van der Waals surface area contributed by atoms with Gasteiger partial charge in [0.2, 0.25) is 0 Å². The van der Waals surface area contributed by atoms with Gasteiger partial charge in [0, 0.05) is 13.1 Å². The van der Waals surface area contributed by atoms with Crippen LogP contribution in [0.15, 0.2) is 16.6 Å². The average Bonchev–Trinajstić information content (AvgIpc) is 2.39. The first kappa shape index (κ1) is 11.7. The van der Waals surface area contributed by atoms with Crippen molar-refractivity contribution >= 4 is 29.9 Å². The van der Waals surface area contributed by atoms with Crippen LogP contribution in [0.1, 0.15) is 13.8 Å². The minimum atomic E-state index is 0. The maximum absolute atomic E-state index is 4.20. The molecule has 1 heterocycles. The third kappa shape index (κ3) is 4.58. The fraction of sp³-hybridized carbons (Fsp3) is 0.625. The molecule has 0 aromatic carbocycles. The molecule has 1 aliphatic rings. The molecule has 0 bridgehead atoms. The van der Waals surface area contributed by atoms with Gasteiger partial charge in [-0.15, -0.1) is 24.0 Å². The Kier molecular flexibility index (Phi) is 6.14. The largest absolute Gasteiger partial charge is 0.355 e. The van der Waals surface area contributed by atoms with Gasteiger partial charge in [-0.25, -0.2) is 0 Å². The molecule has 0 unspecified atom stereocenters. The molecular weight excluding hydrogens is 265 g/mol. The van der Waals surface area contributed by atoms with Gasteiger partial charge in [0.25, 0.3) is 0 Å². The zero-order chi connectivity index (χ0) is 8.10. The highest BCUT2D eigenvalue weighted by molar-refractivity contribution is 14.0. The highest BCUT2D eigenvalue weighted by Gasteiger charge is 2.00. The summed E-state index contributed by atoms with van der Waals surface area (Å²) in [5, 5.41) is 6.32.